The van der Waals surface area contributed by atoms with E-state index in [2.05, 4.69) is 15.1 Å². The van der Waals surface area contributed by atoms with E-state index in [1.807, 2.05) is 42.8 Å². The summed E-state index contributed by atoms with van der Waals surface area (Å²) in [4.78, 5) is 0. The maximum absolute atomic E-state index is 11.0. The zero-order chi connectivity index (χ0) is 17.0. The normalized spacial score (nSPS) is 11.8. The molecule has 0 atom stereocenters. The summed E-state index contributed by atoms with van der Waals surface area (Å²) in [5, 5.41) is 8.49. The quantitative estimate of drug-likeness (QED) is 0.741. The Labute approximate surface area is 141 Å². The molecule has 0 amide bonds. The van der Waals surface area contributed by atoms with E-state index < -0.39 is 10.0 Å². The summed E-state index contributed by atoms with van der Waals surface area (Å²) < 4.78 is 26.3. The van der Waals surface area contributed by atoms with Crippen LogP contribution in [0.5, 0.6) is 0 Å². The lowest BCUT2D eigenvalue weighted by molar-refractivity contribution is 0.581. The van der Waals surface area contributed by atoms with Crippen molar-refractivity contribution in [3.63, 3.8) is 0 Å². The Balaban J connectivity index is 2.02. The highest BCUT2D eigenvalue weighted by atomic mass is 35.5. The molecule has 0 aliphatic heterocycles. The summed E-state index contributed by atoms with van der Waals surface area (Å²) in [5.74, 6) is 0. The van der Waals surface area contributed by atoms with Crippen molar-refractivity contribution in [1.29, 1.82) is 0 Å². The molecular weight excluding hydrogens is 336 g/mol. The molecule has 126 valence electrons. The number of hydrogen-bond donors (Lipinski definition) is 2. The van der Waals surface area contributed by atoms with Crippen LogP contribution in [0.2, 0.25) is 5.02 Å². The second kappa shape index (κ2) is 7.44. The zero-order valence-electron chi connectivity index (χ0n) is 13.4. The Hall–Kier alpha value is -1.41. The maximum Gasteiger partial charge on any atom is 0.208 e. The smallest absolute Gasteiger partial charge is 0.208 e. The fourth-order valence-electron chi connectivity index (χ4n) is 2.30. The van der Waals surface area contributed by atoms with Gasteiger partial charge in [-0.1, -0.05) is 11.6 Å². The molecule has 2 N–H and O–H groups in total. The monoisotopic (exact) mass is 356 g/mol. The molecule has 0 saturated heterocycles. The Bertz CT molecular complexity index is 770. The first-order chi connectivity index (χ1) is 10.8. The van der Waals surface area contributed by atoms with E-state index in [0.29, 0.717) is 24.7 Å². The van der Waals surface area contributed by atoms with Crippen molar-refractivity contribution in [3.05, 3.63) is 46.2 Å². The average Bonchev–Trinajstić information content (AvgIpc) is 2.74. The lowest BCUT2D eigenvalue weighted by Crippen LogP contribution is -2.31. The van der Waals surface area contributed by atoms with Gasteiger partial charge < -0.3 is 5.32 Å². The Morgan fingerprint density at radius 2 is 1.83 bits per heavy atom. The van der Waals surface area contributed by atoms with Crippen molar-refractivity contribution >= 4 is 21.6 Å². The first-order valence-electron chi connectivity index (χ1n) is 7.24. The molecule has 1 aromatic carbocycles. The van der Waals surface area contributed by atoms with Gasteiger partial charge in [-0.15, -0.1) is 0 Å². The second-order valence-electron chi connectivity index (χ2n) is 5.38. The molecule has 2 aromatic rings. The van der Waals surface area contributed by atoms with Crippen molar-refractivity contribution in [2.45, 2.75) is 20.4 Å². The average molecular weight is 357 g/mol. The second-order valence-corrected chi connectivity index (χ2v) is 7.65. The molecule has 0 unspecified atom stereocenters. The number of nitrogens with one attached hydrogen (secondary N) is 2. The minimum Gasteiger partial charge on any atom is -0.311 e. The summed E-state index contributed by atoms with van der Waals surface area (Å²) in [6.07, 6.45) is 1.15. The van der Waals surface area contributed by atoms with Crippen molar-refractivity contribution in [1.82, 2.24) is 19.8 Å². The van der Waals surface area contributed by atoms with Gasteiger partial charge in [-0.05, 0) is 38.1 Å². The number of benzene rings is 1. The number of halogens is 1. The van der Waals surface area contributed by atoms with Crippen LogP contribution in [0.15, 0.2) is 24.3 Å². The van der Waals surface area contributed by atoms with E-state index in [4.69, 9.17) is 11.6 Å². The van der Waals surface area contributed by atoms with E-state index in [-0.39, 0.29) is 0 Å². The van der Waals surface area contributed by atoms with Crippen LogP contribution in [0.1, 0.15) is 17.0 Å². The number of sulfonamides is 1. The highest BCUT2D eigenvalue weighted by molar-refractivity contribution is 7.88. The van der Waals surface area contributed by atoms with E-state index >= 15 is 0 Å². The van der Waals surface area contributed by atoms with Crippen LogP contribution in [-0.2, 0) is 16.6 Å². The first kappa shape index (κ1) is 17.9. The van der Waals surface area contributed by atoms with Gasteiger partial charge in [0.1, 0.15) is 0 Å². The zero-order valence-corrected chi connectivity index (χ0v) is 15.0. The number of rotatable bonds is 7. The van der Waals surface area contributed by atoms with Crippen LogP contribution in [0, 0.1) is 13.8 Å². The van der Waals surface area contributed by atoms with Crippen LogP contribution >= 0.6 is 11.6 Å². The molecule has 0 radical (unpaired) electrons. The topological polar surface area (TPSA) is 76.0 Å². The van der Waals surface area contributed by atoms with Gasteiger partial charge in [0.15, 0.2) is 0 Å². The molecule has 0 fully saturated rings. The Morgan fingerprint density at radius 1 is 1.17 bits per heavy atom. The minimum atomic E-state index is -3.14. The van der Waals surface area contributed by atoms with Gasteiger partial charge in [0, 0.05) is 35.9 Å². The van der Waals surface area contributed by atoms with Crippen molar-refractivity contribution < 1.29 is 8.42 Å². The van der Waals surface area contributed by atoms with Crippen molar-refractivity contribution in [3.8, 4) is 5.69 Å². The predicted molar refractivity (Wildman–Crippen MR) is 92.6 cm³/mol. The molecule has 6 nitrogen and oxygen atoms in total. The number of nitrogens with zero attached hydrogens (tertiary/aromatic N) is 2. The fraction of sp³-hybridized carbons (Fsp3) is 0.400. The van der Waals surface area contributed by atoms with Crippen LogP contribution < -0.4 is 10.0 Å². The van der Waals surface area contributed by atoms with Gasteiger partial charge in [-0.3, -0.25) is 0 Å². The third-order valence-electron chi connectivity index (χ3n) is 3.48. The molecule has 23 heavy (non-hydrogen) atoms. The van der Waals surface area contributed by atoms with Gasteiger partial charge in [-0.2, -0.15) is 5.10 Å². The van der Waals surface area contributed by atoms with Gasteiger partial charge >= 0.3 is 0 Å². The van der Waals surface area contributed by atoms with Crippen LogP contribution in [0.3, 0.4) is 0 Å². The molecule has 1 heterocycles. The largest absolute Gasteiger partial charge is 0.311 e. The highest BCUT2D eigenvalue weighted by Gasteiger charge is 2.12. The van der Waals surface area contributed by atoms with E-state index in [1.165, 1.54) is 0 Å². The summed E-state index contributed by atoms with van der Waals surface area (Å²) in [6.45, 7) is 5.53. The summed E-state index contributed by atoms with van der Waals surface area (Å²) in [7, 11) is -3.14. The molecule has 0 aliphatic carbocycles. The van der Waals surface area contributed by atoms with E-state index in [1.54, 1.807) is 0 Å². The number of aromatic nitrogens is 2. The van der Waals surface area contributed by atoms with Gasteiger partial charge in [0.25, 0.3) is 0 Å². The first-order valence-corrected chi connectivity index (χ1v) is 9.51. The lowest BCUT2D eigenvalue weighted by Gasteiger charge is -2.07. The molecule has 0 aliphatic rings. The summed E-state index contributed by atoms with van der Waals surface area (Å²) in [6, 6.07) is 7.52. The minimum absolute atomic E-state index is 0.363. The van der Waals surface area contributed by atoms with Crippen LogP contribution in [0.4, 0.5) is 0 Å². The number of aryl methyl sites for hydroxylation is 1. The van der Waals surface area contributed by atoms with Gasteiger partial charge in [0.05, 0.1) is 17.6 Å². The molecule has 0 saturated carbocycles. The van der Waals surface area contributed by atoms with E-state index in [0.717, 1.165) is 28.9 Å². The van der Waals surface area contributed by atoms with Gasteiger partial charge in [-0.25, -0.2) is 17.8 Å². The molecular formula is C15H21ClN4O2S. The molecule has 0 spiro atoms. The van der Waals surface area contributed by atoms with E-state index in [9.17, 15) is 8.42 Å². The molecule has 2 rings (SSSR count). The van der Waals surface area contributed by atoms with Crippen LogP contribution in [0.25, 0.3) is 5.69 Å². The molecule has 8 heteroatoms. The molecule has 0 bridgehead atoms. The fourth-order valence-corrected chi connectivity index (χ4v) is 2.90. The third-order valence-corrected chi connectivity index (χ3v) is 4.46. The molecule has 1 aromatic heterocycles. The maximum atomic E-state index is 11.0. The van der Waals surface area contributed by atoms with Gasteiger partial charge in [0.2, 0.25) is 10.0 Å². The highest BCUT2D eigenvalue weighted by Crippen LogP contribution is 2.19. The summed E-state index contributed by atoms with van der Waals surface area (Å²) in [5.41, 5.74) is 4.06. The van der Waals surface area contributed by atoms with Crippen molar-refractivity contribution in [2.24, 2.45) is 0 Å². The lowest BCUT2D eigenvalue weighted by atomic mass is 10.2. The van der Waals surface area contributed by atoms with Crippen LogP contribution in [-0.4, -0.2) is 37.5 Å². The number of hydrogen-bond acceptors (Lipinski definition) is 4. The Morgan fingerprint density at radius 3 is 2.43 bits per heavy atom. The summed E-state index contributed by atoms with van der Waals surface area (Å²) >= 11 is 5.92. The Kier molecular flexibility index (Phi) is 5.80. The van der Waals surface area contributed by atoms with Crippen molar-refractivity contribution in [2.75, 3.05) is 19.3 Å². The third kappa shape index (κ3) is 5.04. The SMILES string of the molecule is Cc1nn(-c2ccc(Cl)cc2)c(C)c1CNCCNS(C)(=O)=O. The predicted octanol–water partition coefficient (Wildman–Crippen LogP) is 1.78. The standard InChI is InChI=1S/C15H21ClN4O2S/c1-11-15(10-17-8-9-18-23(3,21)22)12(2)20(19-11)14-6-4-13(16)5-7-14/h4-7,17-18H,8-10H2,1-3H3.